The van der Waals surface area contributed by atoms with E-state index in [1.54, 1.807) is 12.1 Å². The molecule has 0 aliphatic heterocycles. The van der Waals surface area contributed by atoms with E-state index in [0.717, 1.165) is 18.1 Å². The number of benzene rings is 1. The molecule has 1 aromatic rings. The van der Waals surface area contributed by atoms with Crippen molar-refractivity contribution < 1.29 is 31.4 Å². The minimum absolute atomic E-state index is 0.377. The van der Waals surface area contributed by atoms with E-state index >= 15 is 0 Å². The van der Waals surface area contributed by atoms with Gasteiger partial charge in [0, 0.05) is 6.08 Å². The Labute approximate surface area is 153 Å². The molecule has 1 unspecified atom stereocenters. The van der Waals surface area contributed by atoms with Crippen LogP contribution in [-0.2, 0) is 29.6 Å². The fourth-order valence-electron chi connectivity index (χ4n) is 2.15. The van der Waals surface area contributed by atoms with Crippen LogP contribution in [0.4, 0.5) is 8.22 Å². The van der Waals surface area contributed by atoms with Gasteiger partial charge in [0.15, 0.2) is 0 Å². The van der Waals surface area contributed by atoms with E-state index in [-0.39, 0.29) is 6.61 Å². The van der Waals surface area contributed by atoms with Gasteiger partial charge in [0.25, 0.3) is 0 Å². The number of carbonyl (C=O) groups is 2. The maximum atomic E-state index is 13.7. The van der Waals surface area contributed by atoms with Crippen LogP contribution in [0.5, 0.6) is 0 Å². The number of esters is 1. The molecule has 1 aromatic carbocycles. The number of carbonyl (C=O) groups excluding carboxylic acids is 2. The summed E-state index contributed by atoms with van der Waals surface area (Å²) >= 11 is 0. The number of hydrogen-bond donors (Lipinski definition) is 0. The standard InChI is InChI=1S/C18H24F2O5Si/c1-5-17(21)23-10-11-24-26(19,20)25-18(22)14(4)16-8-6-15(7-9-16)12-13(2)3/h5-9,13-14H,1,10-12H2,2-4H3. The Hall–Kier alpha value is -2.06. The molecule has 1 atom stereocenters. The Bertz CT molecular complexity index is 617. The van der Waals surface area contributed by atoms with E-state index in [1.165, 1.54) is 6.92 Å². The highest BCUT2D eigenvalue weighted by molar-refractivity contribution is 6.54. The molecule has 0 spiro atoms. The van der Waals surface area contributed by atoms with E-state index in [2.05, 4.69) is 34.0 Å². The van der Waals surface area contributed by atoms with Crippen LogP contribution in [0.25, 0.3) is 0 Å². The third kappa shape index (κ3) is 7.88. The summed E-state index contributed by atoms with van der Waals surface area (Å²) in [5, 5.41) is 0. The normalized spacial score (nSPS) is 12.5. The summed E-state index contributed by atoms with van der Waals surface area (Å²) in [6, 6.07) is 7.22. The molecule has 0 radical (unpaired) electrons. The molecule has 5 nitrogen and oxygen atoms in total. The van der Waals surface area contributed by atoms with Crippen molar-refractivity contribution in [2.75, 3.05) is 13.2 Å². The van der Waals surface area contributed by atoms with Crippen molar-refractivity contribution in [3.8, 4) is 0 Å². The Kier molecular flexibility index (Phi) is 8.60. The van der Waals surface area contributed by atoms with Gasteiger partial charge in [0.2, 0.25) is 0 Å². The summed E-state index contributed by atoms with van der Waals surface area (Å²) in [6.07, 6.45) is 1.80. The van der Waals surface area contributed by atoms with Crippen LogP contribution in [0, 0.1) is 5.92 Å². The zero-order valence-corrected chi connectivity index (χ0v) is 16.2. The lowest BCUT2D eigenvalue weighted by Crippen LogP contribution is -2.37. The summed E-state index contributed by atoms with van der Waals surface area (Å²) in [6.45, 7) is 7.92. The van der Waals surface area contributed by atoms with E-state index in [4.69, 9.17) is 0 Å². The first-order chi connectivity index (χ1) is 12.1. The smallest absolute Gasteiger partial charge is 0.460 e. The van der Waals surface area contributed by atoms with Gasteiger partial charge in [-0.25, -0.2) is 13.0 Å². The molecule has 0 bridgehead atoms. The van der Waals surface area contributed by atoms with Crippen LogP contribution in [0.2, 0.25) is 0 Å². The molecule has 26 heavy (non-hydrogen) atoms. The first-order valence-corrected chi connectivity index (χ1v) is 9.84. The molecule has 0 aliphatic carbocycles. The third-order valence-corrected chi connectivity index (χ3v) is 4.44. The predicted molar refractivity (Wildman–Crippen MR) is 94.6 cm³/mol. The van der Waals surface area contributed by atoms with Crippen molar-refractivity contribution in [1.29, 1.82) is 0 Å². The van der Waals surface area contributed by atoms with Gasteiger partial charge >= 0.3 is 21.2 Å². The molecule has 0 aromatic heterocycles. The summed E-state index contributed by atoms with van der Waals surface area (Å²) < 4.78 is 40.4. The van der Waals surface area contributed by atoms with E-state index in [0.29, 0.717) is 11.5 Å². The van der Waals surface area contributed by atoms with Gasteiger partial charge in [0.1, 0.15) is 6.61 Å². The Morgan fingerprint density at radius 3 is 2.31 bits per heavy atom. The molecule has 1 rings (SSSR count). The number of rotatable bonds is 10. The highest BCUT2D eigenvalue weighted by atomic mass is 28.5. The molecule has 0 fully saturated rings. The third-order valence-electron chi connectivity index (χ3n) is 3.46. The molecule has 144 valence electrons. The molecular formula is C18H24F2O5Si. The molecule has 0 aliphatic rings. The summed E-state index contributed by atoms with van der Waals surface area (Å²) in [5.74, 6) is -2.15. The van der Waals surface area contributed by atoms with Crippen LogP contribution in [-0.4, -0.2) is 34.4 Å². The van der Waals surface area contributed by atoms with Crippen LogP contribution >= 0.6 is 0 Å². The van der Waals surface area contributed by atoms with Gasteiger partial charge in [-0.3, -0.25) is 4.79 Å². The molecule has 8 heteroatoms. The first kappa shape index (κ1) is 22.0. The van der Waals surface area contributed by atoms with E-state index < -0.39 is 33.7 Å². The second-order valence-corrected chi connectivity index (χ2v) is 7.59. The Balaban J connectivity index is 2.53. The van der Waals surface area contributed by atoms with Crippen molar-refractivity contribution in [3.63, 3.8) is 0 Å². The molecule has 0 amide bonds. The van der Waals surface area contributed by atoms with Crippen molar-refractivity contribution in [1.82, 2.24) is 0 Å². The first-order valence-electron chi connectivity index (χ1n) is 8.27. The predicted octanol–water partition coefficient (Wildman–Crippen LogP) is 3.65. The Morgan fingerprint density at radius 2 is 1.77 bits per heavy atom. The SMILES string of the molecule is C=CC(=O)OCCO[Si](F)(F)OC(=O)C(C)c1ccc(CC(C)C)cc1. The summed E-state index contributed by atoms with van der Waals surface area (Å²) in [5.41, 5.74) is 1.70. The van der Waals surface area contributed by atoms with Gasteiger partial charge in [-0.05, 0) is 30.4 Å². The number of ether oxygens (including phenoxy) is 1. The van der Waals surface area contributed by atoms with Crippen LogP contribution in [0.3, 0.4) is 0 Å². The number of hydrogen-bond acceptors (Lipinski definition) is 5. The summed E-state index contributed by atoms with van der Waals surface area (Å²) in [7, 11) is -5.64. The highest BCUT2D eigenvalue weighted by Crippen LogP contribution is 2.22. The van der Waals surface area contributed by atoms with Gasteiger partial charge < -0.3 is 13.6 Å². The van der Waals surface area contributed by atoms with Crippen LogP contribution in [0.1, 0.15) is 37.8 Å². The average Bonchev–Trinajstić information content (AvgIpc) is 2.57. The minimum Gasteiger partial charge on any atom is -0.460 e. The van der Waals surface area contributed by atoms with Gasteiger partial charge in [-0.1, -0.05) is 44.7 Å². The maximum Gasteiger partial charge on any atom is 0.834 e. The largest absolute Gasteiger partial charge is 0.834 e. The zero-order chi connectivity index (χ0) is 19.7. The second-order valence-electron chi connectivity index (χ2n) is 6.17. The monoisotopic (exact) mass is 386 g/mol. The van der Waals surface area contributed by atoms with E-state index in [1.807, 2.05) is 12.1 Å². The molecule has 0 N–H and O–H groups in total. The molecular weight excluding hydrogens is 362 g/mol. The lowest BCUT2D eigenvalue weighted by molar-refractivity contribution is -0.143. The maximum absolute atomic E-state index is 13.7. The topological polar surface area (TPSA) is 61.8 Å². The van der Waals surface area contributed by atoms with Crippen LogP contribution in [0.15, 0.2) is 36.9 Å². The average molecular weight is 386 g/mol. The van der Waals surface area contributed by atoms with Gasteiger partial charge in [0.05, 0.1) is 12.5 Å². The van der Waals surface area contributed by atoms with Gasteiger partial charge in [-0.15, -0.1) is 0 Å². The molecule has 0 saturated carbocycles. The zero-order valence-electron chi connectivity index (χ0n) is 15.2. The molecule has 0 saturated heterocycles. The van der Waals surface area contributed by atoms with Crippen molar-refractivity contribution in [3.05, 3.63) is 48.0 Å². The van der Waals surface area contributed by atoms with Crippen molar-refractivity contribution >= 4 is 21.2 Å². The lowest BCUT2D eigenvalue weighted by Gasteiger charge is -2.17. The van der Waals surface area contributed by atoms with Crippen LogP contribution < -0.4 is 0 Å². The molecule has 0 heterocycles. The van der Waals surface area contributed by atoms with Crippen molar-refractivity contribution in [2.45, 2.75) is 33.1 Å². The number of halogens is 2. The summed E-state index contributed by atoms with van der Waals surface area (Å²) in [4.78, 5) is 22.7. The Morgan fingerprint density at radius 1 is 1.15 bits per heavy atom. The van der Waals surface area contributed by atoms with Gasteiger partial charge in [-0.2, -0.15) is 0 Å². The quantitative estimate of drug-likeness (QED) is 0.202. The fraction of sp³-hybridized carbons (Fsp3) is 0.444. The lowest BCUT2D eigenvalue weighted by atomic mass is 9.97. The minimum atomic E-state index is -5.64. The fourth-order valence-corrected chi connectivity index (χ4v) is 2.94. The second kappa shape index (κ2) is 10.2. The van der Waals surface area contributed by atoms with E-state index in [9.17, 15) is 17.8 Å². The van der Waals surface area contributed by atoms with Crippen molar-refractivity contribution in [2.24, 2.45) is 5.92 Å². The highest BCUT2D eigenvalue weighted by Gasteiger charge is 2.49.